The van der Waals surface area contributed by atoms with E-state index in [0.29, 0.717) is 24.5 Å². The number of thiophene rings is 1. The molecule has 1 amide bonds. The van der Waals surface area contributed by atoms with E-state index >= 15 is 0 Å². The third-order valence-electron chi connectivity index (χ3n) is 4.29. The Hall–Kier alpha value is -1.12. The molecule has 1 aromatic carbocycles. The van der Waals surface area contributed by atoms with Crippen molar-refractivity contribution in [1.29, 1.82) is 0 Å². The maximum atomic E-state index is 12.7. The van der Waals surface area contributed by atoms with Gasteiger partial charge in [-0.1, -0.05) is 29.3 Å². The number of carbonyl (C=O) groups excluding carboxylic acids is 1. The number of rotatable bonds is 5. The van der Waals surface area contributed by atoms with Crippen molar-refractivity contribution in [3.05, 3.63) is 50.6 Å². The van der Waals surface area contributed by atoms with Crippen LogP contribution in [0.4, 0.5) is 0 Å². The van der Waals surface area contributed by atoms with Gasteiger partial charge in [-0.15, -0.1) is 11.3 Å². The van der Waals surface area contributed by atoms with Gasteiger partial charge in [0.05, 0.1) is 14.9 Å². The molecule has 2 aromatic rings. The molecular formula is C17H18Cl2N2O3S2. The normalized spacial score (nSPS) is 16.0. The predicted molar refractivity (Wildman–Crippen MR) is 104 cm³/mol. The Morgan fingerprint density at radius 3 is 2.42 bits per heavy atom. The summed E-state index contributed by atoms with van der Waals surface area (Å²) in [7, 11) is -3.64. The third kappa shape index (κ3) is 4.40. The fraction of sp³-hybridized carbons (Fsp3) is 0.353. The number of amides is 1. The van der Waals surface area contributed by atoms with Crippen LogP contribution in [0.2, 0.25) is 10.0 Å². The Kier molecular flexibility index (Phi) is 6.25. The molecule has 140 valence electrons. The average Bonchev–Trinajstić information content (AvgIpc) is 3.15. The zero-order valence-electron chi connectivity index (χ0n) is 13.9. The van der Waals surface area contributed by atoms with E-state index < -0.39 is 10.0 Å². The summed E-state index contributed by atoms with van der Waals surface area (Å²) in [5.74, 6) is 0.0602. The van der Waals surface area contributed by atoms with E-state index in [1.807, 2.05) is 17.5 Å². The van der Waals surface area contributed by atoms with Crippen molar-refractivity contribution >= 4 is 50.5 Å². The molecule has 0 N–H and O–H groups in total. The first-order valence-corrected chi connectivity index (χ1v) is 11.2. The molecule has 5 nitrogen and oxygen atoms in total. The van der Waals surface area contributed by atoms with Crippen LogP contribution in [0, 0.1) is 0 Å². The molecule has 1 aromatic heterocycles. The molecule has 1 saturated heterocycles. The summed E-state index contributed by atoms with van der Waals surface area (Å²) < 4.78 is 26.8. The quantitative estimate of drug-likeness (QED) is 0.725. The molecule has 1 fully saturated rings. The number of nitrogens with zero attached hydrogens (tertiary/aromatic N) is 2. The molecule has 0 radical (unpaired) electrons. The van der Waals surface area contributed by atoms with Crippen LogP contribution in [-0.2, 0) is 21.2 Å². The van der Waals surface area contributed by atoms with Gasteiger partial charge in [0, 0.05) is 37.5 Å². The Balaban J connectivity index is 1.58. The van der Waals surface area contributed by atoms with E-state index in [2.05, 4.69) is 0 Å². The third-order valence-corrected chi connectivity index (χ3v) is 7.86. The lowest BCUT2D eigenvalue weighted by molar-refractivity contribution is -0.132. The summed E-state index contributed by atoms with van der Waals surface area (Å²) in [6.45, 7) is 1.33. The van der Waals surface area contributed by atoms with Gasteiger partial charge in [0.2, 0.25) is 15.9 Å². The minimum absolute atomic E-state index is 0.0602. The molecule has 1 aliphatic heterocycles. The number of hydrogen-bond acceptors (Lipinski definition) is 4. The highest BCUT2D eigenvalue weighted by Crippen LogP contribution is 2.27. The van der Waals surface area contributed by atoms with Crippen LogP contribution in [0.15, 0.2) is 40.6 Å². The number of carbonyl (C=O) groups is 1. The van der Waals surface area contributed by atoms with Crippen LogP contribution in [0.1, 0.15) is 11.3 Å². The summed E-state index contributed by atoms with van der Waals surface area (Å²) in [5.41, 5.74) is 0. The van der Waals surface area contributed by atoms with E-state index in [0.717, 1.165) is 6.42 Å². The number of hydrogen-bond donors (Lipinski definition) is 0. The molecule has 0 atom stereocenters. The van der Waals surface area contributed by atoms with Crippen molar-refractivity contribution in [3.63, 3.8) is 0 Å². The monoisotopic (exact) mass is 432 g/mol. The molecule has 0 spiro atoms. The number of piperazine rings is 1. The lowest BCUT2D eigenvalue weighted by Gasteiger charge is -2.34. The van der Waals surface area contributed by atoms with Gasteiger partial charge >= 0.3 is 0 Å². The summed E-state index contributed by atoms with van der Waals surface area (Å²) in [5, 5.41) is 2.51. The fourth-order valence-electron chi connectivity index (χ4n) is 2.81. The minimum atomic E-state index is -3.64. The van der Waals surface area contributed by atoms with Gasteiger partial charge in [-0.25, -0.2) is 8.42 Å². The predicted octanol–water partition coefficient (Wildman–Crippen LogP) is 3.52. The van der Waals surface area contributed by atoms with Crippen LogP contribution in [0.3, 0.4) is 0 Å². The molecule has 0 saturated carbocycles. The summed E-state index contributed by atoms with van der Waals surface area (Å²) in [6.07, 6.45) is 1.17. The van der Waals surface area contributed by atoms with Gasteiger partial charge < -0.3 is 4.90 Å². The largest absolute Gasteiger partial charge is 0.340 e. The summed E-state index contributed by atoms with van der Waals surface area (Å²) >= 11 is 13.4. The van der Waals surface area contributed by atoms with E-state index in [-0.39, 0.29) is 28.9 Å². The highest BCUT2D eigenvalue weighted by molar-refractivity contribution is 7.89. The van der Waals surface area contributed by atoms with E-state index in [9.17, 15) is 13.2 Å². The van der Waals surface area contributed by atoms with Gasteiger partial charge in [-0.3, -0.25) is 4.79 Å². The second-order valence-corrected chi connectivity index (χ2v) is 9.72. The van der Waals surface area contributed by atoms with Gasteiger partial charge in [0.15, 0.2) is 0 Å². The van der Waals surface area contributed by atoms with Crippen molar-refractivity contribution in [2.45, 2.75) is 17.7 Å². The van der Waals surface area contributed by atoms with Gasteiger partial charge in [-0.05, 0) is 36.1 Å². The first-order valence-electron chi connectivity index (χ1n) is 8.13. The Labute approximate surface area is 167 Å². The number of halogens is 2. The minimum Gasteiger partial charge on any atom is -0.340 e. The van der Waals surface area contributed by atoms with Crippen molar-refractivity contribution < 1.29 is 13.2 Å². The second kappa shape index (κ2) is 8.27. The smallest absolute Gasteiger partial charge is 0.243 e. The standard InChI is InChI=1S/C17H18Cl2N2O3S2/c18-15-5-4-14(12-16(15)19)26(23,24)21-9-7-20(8-10-21)17(22)6-3-13-2-1-11-25-13/h1-2,4-5,11-12H,3,6-10H2. The van der Waals surface area contributed by atoms with Crippen LogP contribution < -0.4 is 0 Å². The SMILES string of the molecule is O=C(CCc1cccs1)N1CCN(S(=O)(=O)c2ccc(Cl)c(Cl)c2)CC1. The summed E-state index contributed by atoms with van der Waals surface area (Å²) in [6, 6.07) is 8.26. The molecule has 0 unspecified atom stereocenters. The average molecular weight is 433 g/mol. The van der Waals surface area contributed by atoms with E-state index in [4.69, 9.17) is 23.2 Å². The molecule has 3 rings (SSSR count). The fourth-order valence-corrected chi connectivity index (χ4v) is 5.33. The second-order valence-electron chi connectivity index (χ2n) is 5.94. The molecule has 1 aliphatic rings. The van der Waals surface area contributed by atoms with Crippen LogP contribution in [0.5, 0.6) is 0 Å². The maximum Gasteiger partial charge on any atom is 0.243 e. The molecule has 0 aliphatic carbocycles. The Morgan fingerprint density at radius 2 is 1.81 bits per heavy atom. The van der Waals surface area contributed by atoms with Gasteiger partial charge in [0.1, 0.15) is 0 Å². The number of aryl methyl sites for hydroxylation is 1. The zero-order valence-corrected chi connectivity index (χ0v) is 17.0. The lowest BCUT2D eigenvalue weighted by atomic mass is 10.2. The Morgan fingerprint density at radius 1 is 1.08 bits per heavy atom. The molecule has 2 heterocycles. The van der Waals surface area contributed by atoms with Crippen LogP contribution in [0.25, 0.3) is 0 Å². The zero-order chi connectivity index (χ0) is 18.7. The van der Waals surface area contributed by atoms with E-state index in [1.165, 1.54) is 27.4 Å². The Bertz CT molecular complexity index is 877. The van der Waals surface area contributed by atoms with Gasteiger partial charge in [0.25, 0.3) is 0 Å². The maximum absolute atomic E-state index is 12.7. The molecule has 9 heteroatoms. The van der Waals surface area contributed by atoms with Crippen LogP contribution in [-0.4, -0.2) is 49.7 Å². The topological polar surface area (TPSA) is 57.7 Å². The molecule has 0 bridgehead atoms. The van der Waals surface area contributed by atoms with E-state index in [1.54, 1.807) is 16.2 Å². The van der Waals surface area contributed by atoms with Crippen molar-refractivity contribution in [3.8, 4) is 0 Å². The van der Waals surface area contributed by atoms with Crippen molar-refractivity contribution in [2.24, 2.45) is 0 Å². The first kappa shape index (κ1) is 19.6. The number of sulfonamides is 1. The lowest BCUT2D eigenvalue weighted by Crippen LogP contribution is -2.50. The van der Waals surface area contributed by atoms with Crippen molar-refractivity contribution in [2.75, 3.05) is 26.2 Å². The van der Waals surface area contributed by atoms with Gasteiger partial charge in [-0.2, -0.15) is 4.31 Å². The highest BCUT2D eigenvalue weighted by atomic mass is 35.5. The summed E-state index contributed by atoms with van der Waals surface area (Å²) in [4.78, 5) is 15.4. The number of benzene rings is 1. The van der Waals surface area contributed by atoms with Crippen LogP contribution >= 0.6 is 34.5 Å². The molecular weight excluding hydrogens is 415 g/mol. The first-order chi connectivity index (χ1) is 12.4. The highest BCUT2D eigenvalue weighted by Gasteiger charge is 2.30. The van der Waals surface area contributed by atoms with Crippen molar-refractivity contribution in [1.82, 2.24) is 9.21 Å². The molecule has 26 heavy (non-hydrogen) atoms.